The Labute approximate surface area is 144 Å². The SMILES string of the molecule is CCC[C@H]1CC(C)(C)O[C@@H]([C@H](O)[C@@H](COP)OP)[C@@H]1NC(C)=O. The van der Waals surface area contributed by atoms with Crippen LogP contribution < -0.4 is 5.32 Å². The van der Waals surface area contributed by atoms with Gasteiger partial charge < -0.3 is 24.2 Å². The highest BCUT2D eigenvalue weighted by Gasteiger charge is 2.47. The highest BCUT2D eigenvalue weighted by Crippen LogP contribution is 2.37. The van der Waals surface area contributed by atoms with Gasteiger partial charge in [-0.2, -0.15) is 0 Å². The van der Waals surface area contributed by atoms with Gasteiger partial charge in [0.25, 0.3) is 0 Å². The minimum absolute atomic E-state index is 0.123. The fourth-order valence-corrected chi connectivity index (χ4v) is 3.84. The first-order valence-corrected chi connectivity index (χ1v) is 9.00. The molecule has 0 spiro atoms. The third kappa shape index (κ3) is 6.19. The van der Waals surface area contributed by atoms with Crippen molar-refractivity contribution < 1.29 is 23.7 Å². The summed E-state index contributed by atoms with van der Waals surface area (Å²) >= 11 is 0. The molecule has 0 aromatic rings. The van der Waals surface area contributed by atoms with E-state index in [1.807, 2.05) is 13.8 Å². The quantitative estimate of drug-likeness (QED) is 0.640. The van der Waals surface area contributed by atoms with Crippen molar-refractivity contribution in [2.45, 2.75) is 76.9 Å². The maximum atomic E-state index is 11.6. The van der Waals surface area contributed by atoms with E-state index in [0.717, 1.165) is 19.3 Å². The molecule has 136 valence electrons. The molecule has 2 N–H and O–H groups in total. The van der Waals surface area contributed by atoms with E-state index in [9.17, 15) is 9.90 Å². The highest BCUT2D eigenvalue weighted by molar-refractivity contribution is 7.10. The summed E-state index contributed by atoms with van der Waals surface area (Å²) in [6.45, 7) is 7.85. The molecule has 2 unspecified atom stereocenters. The van der Waals surface area contributed by atoms with E-state index in [2.05, 4.69) is 31.2 Å². The van der Waals surface area contributed by atoms with Crippen LogP contribution in [0.25, 0.3) is 0 Å². The molecule has 0 bridgehead atoms. The van der Waals surface area contributed by atoms with Crippen molar-refractivity contribution in [2.24, 2.45) is 5.92 Å². The van der Waals surface area contributed by atoms with Gasteiger partial charge in [0, 0.05) is 25.9 Å². The zero-order valence-corrected chi connectivity index (χ0v) is 16.8. The zero-order chi connectivity index (χ0) is 17.6. The predicted octanol–water partition coefficient (Wildman–Crippen LogP) is 1.82. The number of hydrogen-bond acceptors (Lipinski definition) is 5. The van der Waals surface area contributed by atoms with Crippen LogP contribution in [0.15, 0.2) is 0 Å². The summed E-state index contributed by atoms with van der Waals surface area (Å²) in [7, 11) is 4.30. The smallest absolute Gasteiger partial charge is 0.217 e. The van der Waals surface area contributed by atoms with Gasteiger partial charge in [-0.15, -0.1) is 0 Å². The van der Waals surface area contributed by atoms with Gasteiger partial charge in [-0.1, -0.05) is 13.3 Å². The Morgan fingerprint density at radius 2 is 2.13 bits per heavy atom. The fraction of sp³-hybridized carbons (Fsp3) is 0.933. The molecule has 1 amide bonds. The van der Waals surface area contributed by atoms with E-state index < -0.39 is 18.3 Å². The topological polar surface area (TPSA) is 77.0 Å². The van der Waals surface area contributed by atoms with E-state index in [-0.39, 0.29) is 30.1 Å². The number of aliphatic hydroxyl groups excluding tert-OH is 1. The summed E-state index contributed by atoms with van der Waals surface area (Å²) in [4.78, 5) is 11.6. The lowest BCUT2D eigenvalue weighted by molar-refractivity contribution is -0.195. The molecule has 1 aliphatic heterocycles. The minimum atomic E-state index is -0.913. The monoisotopic (exact) mass is 367 g/mol. The molecule has 0 aromatic heterocycles. The molecule has 0 radical (unpaired) electrons. The van der Waals surface area contributed by atoms with Crippen molar-refractivity contribution in [3.05, 3.63) is 0 Å². The van der Waals surface area contributed by atoms with Crippen molar-refractivity contribution in [2.75, 3.05) is 6.61 Å². The van der Waals surface area contributed by atoms with Crippen molar-refractivity contribution in [1.82, 2.24) is 5.32 Å². The average molecular weight is 367 g/mol. The van der Waals surface area contributed by atoms with Crippen LogP contribution in [0, 0.1) is 5.92 Å². The summed E-state index contributed by atoms with van der Waals surface area (Å²) in [5, 5.41) is 13.7. The van der Waals surface area contributed by atoms with E-state index in [1.165, 1.54) is 6.92 Å². The highest BCUT2D eigenvalue weighted by atomic mass is 31.0. The number of carbonyl (C=O) groups is 1. The van der Waals surface area contributed by atoms with Crippen LogP contribution in [0.5, 0.6) is 0 Å². The van der Waals surface area contributed by atoms with Crippen molar-refractivity contribution >= 4 is 24.8 Å². The van der Waals surface area contributed by atoms with Crippen LogP contribution >= 0.6 is 18.9 Å². The molecule has 0 saturated carbocycles. The first kappa shape index (κ1) is 21.2. The molecule has 1 aliphatic rings. The maximum Gasteiger partial charge on any atom is 0.217 e. The van der Waals surface area contributed by atoms with E-state index >= 15 is 0 Å². The lowest BCUT2D eigenvalue weighted by atomic mass is 9.77. The number of aliphatic hydroxyl groups is 1. The first-order valence-electron chi connectivity index (χ1n) is 8.06. The van der Waals surface area contributed by atoms with Gasteiger partial charge in [0.15, 0.2) is 0 Å². The van der Waals surface area contributed by atoms with E-state index in [4.69, 9.17) is 13.8 Å². The maximum absolute atomic E-state index is 11.6. The summed E-state index contributed by atoms with van der Waals surface area (Å²) in [6.07, 6.45) is 0.788. The Bertz CT molecular complexity index is 383. The average Bonchev–Trinajstić information content (AvgIpc) is 2.46. The molecule has 1 heterocycles. The molecular formula is C15H31NO5P2. The molecule has 23 heavy (non-hydrogen) atoms. The van der Waals surface area contributed by atoms with Crippen LogP contribution in [-0.2, 0) is 18.6 Å². The first-order chi connectivity index (χ1) is 10.8. The summed E-state index contributed by atoms with van der Waals surface area (Å²) in [6, 6.07) is -0.248. The molecular weight excluding hydrogens is 336 g/mol. The molecule has 6 nitrogen and oxygen atoms in total. The normalized spacial score (nSPS) is 29.8. The Balaban J connectivity index is 3.05. The second-order valence-corrected chi connectivity index (χ2v) is 7.43. The number of nitrogens with one attached hydrogen (secondary N) is 1. The largest absolute Gasteiger partial charge is 0.388 e. The lowest BCUT2D eigenvalue weighted by Gasteiger charge is -2.48. The van der Waals surface area contributed by atoms with Crippen LogP contribution in [-0.4, -0.2) is 47.6 Å². The molecule has 0 aliphatic carbocycles. The molecule has 1 fully saturated rings. The van der Waals surface area contributed by atoms with Gasteiger partial charge in [-0.25, -0.2) is 0 Å². The van der Waals surface area contributed by atoms with Gasteiger partial charge >= 0.3 is 0 Å². The number of hydrogen-bond donors (Lipinski definition) is 2. The number of rotatable bonds is 8. The molecule has 8 heteroatoms. The van der Waals surface area contributed by atoms with Crippen LogP contribution in [0.3, 0.4) is 0 Å². The Morgan fingerprint density at radius 1 is 1.48 bits per heavy atom. The van der Waals surface area contributed by atoms with Gasteiger partial charge in [0.1, 0.15) is 18.3 Å². The summed E-state index contributed by atoms with van der Waals surface area (Å²) in [5.74, 6) is 0.122. The standard InChI is InChI=1S/C15H31NO5P2/c1-5-6-10-7-15(3,4)20-14(12(10)16-9(2)17)13(18)11(21-23)8-19-22/h10-14,18H,5-8,22-23H2,1-4H3,(H,16,17)/t10-,11+,12+,13+,14+/m0/s1. The lowest BCUT2D eigenvalue weighted by Crippen LogP contribution is -2.62. The number of ether oxygens (including phenoxy) is 1. The Morgan fingerprint density at radius 3 is 2.61 bits per heavy atom. The predicted molar refractivity (Wildman–Crippen MR) is 95.8 cm³/mol. The van der Waals surface area contributed by atoms with Crippen molar-refractivity contribution in [3.63, 3.8) is 0 Å². The zero-order valence-electron chi connectivity index (χ0n) is 14.5. The van der Waals surface area contributed by atoms with E-state index in [1.54, 1.807) is 0 Å². The van der Waals surface area contributed by atoms with Crippen LogP contribution in [0.2, 0.25) is 0 Å². The second kappa shape index (κ2) is 9.60. The number of amides is 1. The Hall–Kier alpha value is 0.170. The van der Waals surface area contributed by atoms with Crippen molar-refractivity contribution in [3.8, 4) is 0 Å². The Kier molecular flexibility index (Phi) is 8.85. The van der Waals surface area contributed by atoms with Gasteiger partial charge in [-0.05, 0) is 32.6 Å². The van der Waals surface area contributed by atoms with Gasteiger partial charge in [0.05, 0.1) is 18.2 Å². The van der Waals surface area contributed by atoms with Gasteiger partial charge in [0.2, 0.25) is 5.91 Å². The molecule has 1 saturated heterocycles. The molecule has 1 rings (SSSR count). The van der Waals surface area contributed by atoms with Crippen LogP contribution in [0.1, 0.15) is 47.0 Å². The second-order valence-electron chi connectivity index (χ2n) is 6.82. The third-order valence-corrected chi connectivity index (χ3v) is 4.79. The minimum Gasteiger partial charge on any atom is -0.388 e. The third-order valence-electron chi connectivity index (χ3n) is 4.25. The van der Waals surface area contributed by atoms with Crippen molar-refractivity contribution in [1.29, 1.82) is 0 Å². The fourth-order valence-electron chi connectivity index (χ4n) is 3.41. The molecule has 0 aromatic carbocycles. The number of carbonyl (C=O) groups excluding carboxylic acids is 1. The van der Waals surface area contributed by atoms with Gasteiger partial charge in [-0.3, -0.25) is 4.79 Å². The summed E-state index contributed by atoms with van der Waals surface area (Å²) < 4.78 is 16.4. The molecule has 7 atom stereocenters. The summed E-state index contributed by atoms with van der Waals surface area (Å²) in [5.41, 5.74) is -0.367. The van der Waals surface area contributed by atoms with E-state index in [0.29, 0.717) is 0 Å². The van der Waals surface area contributed by atoms with Crippen LogP contribution in [0.4, 0.5) is 0 Å².